The van der Waals surface area contributed by atoms with Crippen molar-refractivity contribution in [3.05, 3.63) is 51.8 Å². The van der Waals surface area contributed by atoms with Crippen LogP contribution in [-0.2, 0) is 0 Å². The van der Waals surface area contributed by atoms with Gasteiger partial charge in [0.25, 0.3) is 5.69 Å². The van der Waals surface area contributed by atoms with Crippen molar-refractivity contribution in [1.82, 2.24) is 4.98 Å². The molecule has 2 N–H and O–H groups in total. The van der Waals surface area contributed by atoms with Crippen LogP contribution in [0.5, 0.6) is 5.75 Å². The van der Waals surface area contributed by atoms with Gasteiger partial charge in [0.15, 0.2) is 10.3 Å². The Morgan fingerprint density at radius 2 is 2.09 bits per heavy atom. The van der Waals surface area contributed by atoms with Gasteiger partial charge in [-0.1, -0.05) is 11.6 Å². The van der Waals surface area contributed by atoms with E-state index in [9.17, 15) is 10.1 Å². The van der Waals surface area contributed by atoms with Gasteiger partial charge in [0.05, 0.1) is 29.5 Å². The highest BCUT2D eigenvalue weighted by atomic mass is 35.5. The first-order chi connectivity index (χ1) is 10.5. The Morgan fingerprint density at radius 3 is 2.73 bits per heavy atom. The number of benzene rings is 1. The molecule has 1 heterocycles. The molecule has 0 amide bonds. The number of nitro groups is 1. The molecule has 0 aliphatic carbocycles. The maximum Gasteiger partial charge on any atom is 0.273 e. The molecule has 22 heavy (non-hydrogen) atoms. The first-order valence-electron chi connectivity index (χ1n) is 6.02. The summed E-state index contributed by atoms with van der Waals surface area (Å²) in [6.07, 6.45) is 1.56. The van der Waals surface area contributed by atoms with Gasteiger partial charge in [-0.05, 0) is 30.4 Å². The number of ether oxygens (including phenoxy) is 1. The average molecular weight is 339 g/mol. The molecule has 2 aromatic rings. The largest absolute Gasteiger partial charge is 0.494 e. The van der Waals surface area contributed by atoms with E-state index in [1.807, 2.05) is 0 Å². The number of hydrogen-bond donors (Lipinski definition) is 2. The Morgan fingerprint density at radius 1 is 1.36 bits per heavy atom. The number of halogens is 1. The zero-order valence-electron chi connectivity index (χ0n) is 11.4. The average Bonchev–Trinajstić information content (AvgIpc) is 2.49. The molecular formula is C13H11ClN4O3S. The van der Waals surface area contributed by atoms with Crippen molar-refractivity contribution < 1.29 is 9.66 Å². The summed E-state index contributed by atoms with van der Waals surface area (Å²) in [4.78, 5) is 14.2. The van der Waals surface area contributed by atoms with E-state index in [1.165, 1.54) is 25.3 Å². The molecule has 0 radical (unpaired) electrons. The van der Waals surface area contributed by atoms with Gasteiger partial charge < -0.3 is 15.4 Å². The lowest BCUT2D eigenvalue weighted by molar-refractivity contribution is -0.384. The summed E-state index contributed by atoms with van der Waals surface area (Å²) in [6, 6.07) is 7.60. The maximum absolute atomic E-state index is 10.8. The van der Waals surface area contributed by atoms with Crippen LogP contribution in [0.3, 0.4) is 0 Å². The molecule has 2 rings (SSSR count). The van der Waals surface area contributed by atoms with Gasteiger partial charge in [-0.15, -0.1) is 0 Å². The van der Waals surface area contributed by atoms with Crippen molar-refractivity contribution in [2.75, 3.05) is 17.7 Å². The van der Waals surface area contributed by atoms with Crippen molar-refractivity contribution in [2.24, 2.45) is 0 Å². The molecule has 0 atom stereocenters. The fourth-order valence-electron chi connectivity index (χ4n) is 1.65. The van der Waals surface area contributed by atoms with Crippen LogP contribution in [0.2, 0.25) is 5.15 Å². The number of hydrogen-bond acceptors (Lipinski definition) is 5. The lowest BCUT2D eigenvalue weighted by atomic mass is 10.2. The van der Waals surface area contributed by atoms with Crippen LogP contribution in [0, 0.1) is 10.1 Å². The highest BCUT2D eigenvalue weighted by Crippen LogP contribution is 2.29. The number of nitrogens with zero attached hydrogens (tertiary/aromatic N) is 2. The Labute approximate surface area is 136 Å². The Kier molecular flexibility index (Phi) is 5.08. The van der Waals surface area contributed by atoms with Crippen molar-refractivity contribution in [3.8, 4) is 5.75 Å². The van der Waals surface area contributed by atoms with Crippen LogP contribution in [0.25, 0.3) is 0 Å². The van der Waals surface area contributed by atoms with Gasteiger partial charge in [0.2, 0.25) is 0 Å². The van der Waals surface area contributed by atoms with Crippen LogP contribution in [-0.4, -0.2) is 22.1 Å². The fourth-order valence-corrected chi connectivity index (χ4v) is 2.04. The highest BCUT2D eigenvalue weighted by molar-refractivity contribution is 7.80. The standard InChI is InChI=1S/C13H11ClN4O3S/c1-21-11-7-8(18(19)20)4-5-9(11)16-13(22)17-10-3-2-6-15-12(10)14/h2-7H,1H3,(H2,16,17,22). The quantitative estimate of drug-likeness (QED) is 0.382. The third-order valence-electron chi connectivity index (χ3n) is 2.65. The monoisotopic (exact) mass is 338 g/mol. The summed E-state index contributed by atoms with van der Waals surface area (Å²) in [7, 11) is 1.42. The SMILES string of the molecule is COc1cc([N+](=O)[O-])ccc1NC(=S)Nc1cccnc1Cl. The van der Waals surface area contributed by atoms with Gasteiger partial charge in [0.1, 0.15) is 5.75 Å². The number of nitro benzene ring substituents is 1. The Hall–Kier alpha value is -2.45. The molecule has 0 aliphatic rings. The number of anilines is 2. The molecule has 0 saturated heterocycles. The molecule has 0 saturated carbocycles. The third kappa shape index (κ3) is 3.80. The van der Waals surface area contributed by atoms with Crippen LogP contribution < -0.4 is 15.4 Å². The molecule has 114 valence electrons. The molecule has 7 nitrogen and oxygen atoms in total. The lowest BCUT2D eigenvalue weighted by Gasteiger charge is -2.13. The number of pyridine rings is 1. The zero-order chi connectivity index (χ0) is 16.1. The van der Waals surface area contributed by atoms with E-state index in [2.05, 4.69) is 15.6 Å². The van der Waals surface area contributed by atoms with Crippen molar-refractivity contribution in [3.63, 3.8) is 0 Å². The Balaban J connectivity index is 2.15. The van der Waals surface area contributed by atoms with Gasteiger partial charge in [0, 0.05) is 12.3 Å². The second-order valence-corrected chi connectivity index (χ2v) is 4.83. The minimum Gasteiger partial charge on any atom is -0.494 e. The minimum atomic E-state index is -0.502. The summed E-state index contributed by atoms with van der Waals surface area (Å²) in [5.74, 6) is 0.302. The van der Waals surface area contributed by atoms with E-state index in [0.29, 0.717) is 17.1 Å². The second kappa shape index (κ2) is 7.01. The second-order valence-electron chi connectivity index (χ2n) is 4.06. The van der Waals surface area contributed by atoms with Crippen molar-refractivity contribution in [2.45, 2.75) is 0 Å². The highest BCUT2D eigenvalue weighted by Gasteiger charge is 2.12. The molecule has 0 fully saturated rings. The summed E-state index contributed by atoms with van der Waals surface area (Å²) < 4.78 is 5.12. The van der Waals surface area contributed by atoms with E-state index in [4.69, 9.17) is 28.6 Å². The number of non-ortho nitro benzene ring substituents is 1. The molecule has 0 bridgehead atoms. The molecule has 0 unspecified atom stereocenters. The van der Waals surface area contributed by atoms with Crippen LogP contribution >= 0.6 is 23.8 Å². The van der Waals surface area contributed by atoms with E-state index in [0.717, 1.165) is 0 Å². The van der Waals surface area contributed by atoms with Gasteiger partial charge >= 0.3 is 0 Å². The fraction of sp³-hybridized carbons (Fsp3) is 0.0769. The topological polar surface area (TPSA) is 89.3 Å². The van der Waals surface area contributed by atoms with Crippen molar-refractivity contribution in [1.29, 1.82) is 0 Å². The number of thiocarbonyl (C=S) groups is 1. The van der Waals surface area contributed by atoms with Crippen LogP contribution in [0.15, 0.2) is 36.5 Å². The van der Waals surface area contributed by atoms with Crippen LogP contribution in [0.1, 0.15) is 0 Å². The maximum atomic E-state index is 10.8. The molecule has 0 spiro atoms. The molecule has 9 heteroatoms. The minimum absolute atomic E-state index is 0.0726. The molecule has 1 aromatic heterocycles. The number of rotatable bonds is 4. The van der Waals surface area contributed by atoms with Gasteiger partial charge in [-0.25, -0.2) is 4.98 Å². The Bertz CT molecular complexity index is 726. The predicted molar refractivity (Wildman–Crippen MR) is 88.7 cm³/mol. The summed E-state index contributed by atoms with van der Waals surface area (Å²) in [5.41, 5.74) is 0.963. The normalized spacial score (nSPS) is 9.91. The van der Waals surface area contributed by atoms with Gasteiger partial charge in [-0.3, -0.25) is 10.1 Å². The third-order valence-corrected chi connectivity index (χ3v) is 3.16. The van der Waals surface area contributed by atoms with E-state index in [-0.39, 0.29) is 16.0 Å². The number of aromatic nitrogens is 1. The van der Waals surface area contributed by atoms with E-state index < -0.39 is 4.92 Å². The molecular weight excluding hydrogens is 328 g/mol. The molecule has 0 aliphatic heterocycles. The van der Waals surface area contributed by atoms with Gasteiger partial charge in [-0.2, -0.15) is 0 Å². The summed E-state index contributed by atoms with van der Waals surface area (Å²) in [6.45, 7) is 0. The summed E-state index contributed by atoms with van der Waals surface area (Å²) >= 11 is 11.1. The van der Waals surface area contributed by atoms with Crippen molar-refractivity contribution >= 4 is 46.0 Å². The smallest absolute Gasteiger partial charge is 0.273 e. The lowest BCUT2D eigenvalue weighted by Crippen LogP contribution is -2.19. The zero-order valence-corrected chi connectivity index (χ0v) is 12.9. The first kappa shape index (κ1) is 15.9. The predicted octanol–water partition coefficient (Wildman–Crippen LogP) is 3.46. The van der Waals surface area contributed by atoms with E-state index >= 15 is 0 Å². The first-order valence-corrected chi connectivity index (χ1v) is 6.81. The molecule has 1 aromatic carbocycles. The van der Waals surface area contributed by atoms with Crippen LogP contribution in [0.4, 0.5) is 17.1 Å². The number of nitrogens with one attached hydrogen (secondary N) is 2. The number of methoxy groups -OCH3 is 1. The van der Waals surface area contributed by atoms with E-state index in [1.54, 1.807) is 18.3 Å². The summed E-state index contributed by atoms with van der Waals surface area (Å²) in [5, 5.41) is 17.1.